The highest BCUT2D eigenvalue weighted by molar-refractivity contribution is 5.57. The molecule has 0 saturated carbocycles. The molecule has 3 atom stereocenters. The van der Waals surface area contributed by atoms with Crippen molar-refractivity contribution >= 4 is 5.82 Å². The number of benzene rings is 1. The van der Waals surface area contributed by atoms with Crippen molar-refractivity contribution in [2.75, 3.05) is 24.5 Å². The van der Waals surface area contributed by atoms with E-state index in [-0.39, 0.29) is 0 Å². The molecule has 2 bridgehead atoms. The Hall–Kier alpha value is -2.38. The van der Waals surface area contributed by atoms with Crippen LogP contribution in [-0.4, -0.2) is 41.6 Å². The third kappa shape index (κ3) is 2.26. The summed E-state index contributed by atoms with van der Waals surface area (Å²) in [6.07, 6.45) is 4.37. The zero-order chi connectivity index (χ0) is 16.8. The molecule has 1 aromatic carbocycles. The molecule has 4 saturated heterocycles. The lowest BCUT2D eigenvalue weighted by atomic mass is 9.75. The molecule has 0 amide bonds. The van der Waals surface area contributed by atoms with Crippen LogP contribution in [0.4, 0.5) is 5.82 Å². The highest BCUT2D eigenvalue weighted by atomic mass is 15.3. The van der Waals surface area contributed by atoms with Crippen molar-refractivity contribution in [2.45, 2.75) is 30.8 Å². The van der Waals surface area contributed by atoms with Gasteiger partial charge in [0.05, 0.1) is 5.56 Å². The number of nitriles is 1. The fourth-order valence-corrected chi connectivity index (χ4v) is 5.37. The number of anilines is 1. The van der Waals surface area contributed by atoms with Gasteiger partial charge in [-0.25, -0.2) is 4.98 Å². The molecule has 0 radical (unpaired) electrons. The number of hydrogen-bond donors (Lipinski definition) is 0. The Morgan fingerprint density at radius 1 is 1.00 bits per heavy atom. The third-order valence-electron chi connectivity index (χ3n) is 6.40. The second kappa shape index (κ2) is 5.86. The average molecular weight is 330 g/mol. The van der Waals surface area contributed by atoms with Gasteiger partial charge < -0.3 is 4.90 Å². The lowest BCUT2D eigenvalue weighted by Gasteiger charge is -2.51. The second-order valence-corrected chi connectivity index (χ2v) is 7.51. The predicted molar refractivity (Wildman–Crippen MR) is 97.4 cm³/mol. The van der Waals surface area contributed by atoms with Crippen molar-refractivity contribution in [1.29, 1.82) is 5.26 Å². The minimum atomic E-state index is 0.481. The number of pyridine rings is 1. The van der Waals surface area contributed by atoms with Gasteiger partial charge in [-0.1, -0.05) is 30.3 Å². The first-order valence-electron chi connectivity index (χ1n) is 9.27. The SMILES string of the molecule is N#Cc1cccnc1N1C[C@H](c2ccccc2)[C@H]2[C@@H]1C1CCN2CC1. The smallest absolute Gasteiger partial charge is 0.146 e. The molecule has 0 aliphatic carbocycles. The molecular weight excluding hydrogens is 308 g/mol. The Morgan fingerprint density at radius 2 is 1.80 bits per heavy atom. The first kappa shape index (κ1) is 14.9. The van der Waals surface area contributed by atoms with Gasteiger partial charge in [-0.15, -0.1) is 0 Å². The van der Waals surface area contributed by atoms with E-state index in [0.29, 0.717) is 23.6 Å². The minimum Gasteiger partial charge on any atom is -0.350 e. The van der Waals surface area contributed by atoms with Crippen LogP contribution in [0.3, 0.4) is 0 Å². The van der Waals surface area contributed by atoms with Gasteiger partial charge in [-0.2, -0.15) is 5.26 Å². The van der Waals surface area contributed by atoms with Crippen LogP contribution in [0.15, 0.2) is 48.7 Å². The number of piperidine rings is 3. The quantitative estimate of drug-likeness (QED) is 0.849. The number of fused-ring (bicyclic) bond motifs is 2. The summed E-state index contributed by atoms with van der Waals surface area (Å²) in [5, 5.41) is 9.56. The lowest BCUT2D eigenvalue weighted by Crippen LogP contribution is -2.60. The van der Waals surface area contributed by atoms with Crippen LogP contribution in [-0.2, 0) is 0 Å². The normalized spacial score (nSPS) is 33.1. The van der Waals surface area contributed by atoms with Gasteiger partial charge in [0.1, 0.15) is 11.9 Å². The molecule has 4 fully saturated rings. The second-order valence-electron chi connectivity index (χ2n) is 7.51. The molecule has 1 aromatic heterocycles. The maximum absolute atomic E-state index is 9.56. The van der Waals surface area contributed by atoms with Gasteiger partial charge in [0.15, 0.2) is 0 Å². The summed E-state index contributed by atoms with van der Waals surface area (Å²) in [5.41, 5.74) is 2.12. The van der Waals surface area contributed by atoms with Crippen molar-refractivity contribution in [3.8, 4) is 6.07 Å². The fraction of sp³-hybridized carbons (Fsp3) is 0.429. The molecule has 0 spiro atoms. The zero-order valence-corrected chi connectivity index (χ0v) is 14.3. The van der Waals surface area contributed by atoms with E-state index in [1.165, 1.54) is 31.5 Å². The van der Waals surface area contributed by atoms with Crippen LogP contribution in [0, 0.1) is 17.2 Å². The molecule has 5 heterocycles. The largest absolute Gasteiger partial charge is 0.350 e. The Morgan fingerprint density at radius 3 is 2.56 bits per heavy atom. The fourth-order valence-electron chi connectivity index (χ4n) is 5.37. The number of rotatable bonds is 2. The van der Waals surface area contributed by atoms with Crippen molar-refractivity contribution in [3.63, 3.8) is 0 Å². The maximum Gasteiger partial charge on any atom is 0.146 e. The van der Waals surface area contributed by atoms with Gasteiger partial charge in [0.25, 0.3) is 0 Å². The minimum absolute atomic E-state index is 0.481. The first-order valence-corrected chi connectivity index (χ1v) is 9.27. The third-order valence-corrected chi connectivity index (χ3v) is 6.40. The molecule has 0 unspecified atom stereocenters. The van der Waals surface area contributed by atoms with Gasteiger partial charge in [0, 0.05) is 30.7 Å². The summed E-state index contributed by atoms with van der Waals surface area (Å²) in [7, 11) is 0. The Kier molecular flexibility index (Phi) is 3.50. The van der Waals surface area contributed by atoms with Crippen molar-refractivity contribution in [3.05, 3.63) is 59.8 Å². The zero-order valence-electron chi connectivity index (χ0n) is 14.3. The van der Waals surface area contributed by atoms with E-state index in [4.69, 9.17) is 0 Å². The highest BCUT2D eigenvalue weighted by Gasteiger charge is 2.53. The average Bonchev–Trinajstić information content (AvgIpc) is 3.12. The summed E-state index contributed by atoms with van der Waals surface area (Å²) >= 11 is 0. The molecule has 25 heavy (non-hydrogen) atoms. The van der Waals surface area contributed by atoms with Crippen molar-refractivity contribution < 1.29 is 0 Å². The number of nitrogens with zero attached hydrogens (tertiary/aromatic N) is 4. The molecule has 0 N–H and O–H groups in total. The summed E-state index contributed by atoms with van der Waals surface area (Å²) in [6, 6.07) is 18.0. The van der Waals surface area contributed by atoms with E-state index in [1.807, 2.05) is 18.3 Å². The van der Waals surface area contributed by atoms with E-state index in [0.717, 1.165) is 18.3 Å². The van der Waals surface area contributed by atoms with E-state index in [1.54, 1.807) is 0 Å². The lowest BCUT2D eigenvalue weighted by molar-refractivity contribution is 0.0354. The molecule has 4 aliphatic rings. The molecule has 4 nitrogen and oxygen atoms in total. The van der Waals surface area contributed by atoms with Crippen molar-refractivity contribution in [2.24, 2.45) is 5.92 Å². The van der Waals surface area contributed by atoms with Gasteiger partial charge in [-0.3, -0.25) is 4.90 Å². The maximum atomic E-state index is 9.56. The van der Waals surface area contributed by atoms with E-state index in [2.05, 4.69) is 51.2 Å². The molecule has 4 heteroatoms. The number of aromatic nitrogens is 1. The Balaban J connectivity index is 1.60. The van der Waals surface area contributed by atoms with Crippen LogP contribution in [0.1, 0.15) is 29.9 Å². The van der Waals surface area contributed by atoms with Gasteiger partial charge in [0.2, 0.25) is 0 Å². The Labute approximate surface area is 148 Å². The predicted octanol–water partition coefficient (Wildman–Crippen LogP) is 3.02. The van der Waals surface area contributed by atoms with Crippen LogP contribution in [0.2, 0.25) is 0 Å². The van der Waals surface area contributed by atoms with E-state index < -0.39 is 0 Å². The summed E-state index contributed by atoms with van der Waals surface area (Å²) in [6.45, 7) is 3.39. The highest BCUT2D eigenvalue weighted by Crippen LogP contribution is 2.47. The summed E-state index contributed by atoms with van der Waals surface area (Å²) < 4.78 is 0. The van der Waals surface area contributed by atoms with Crippen LogP contribution in [0.25, 0.3) is 0 Å². The van der Waals surface area contributed by atoms with Crippen LogP contribution < -0.4 is 4.90 Å². The number of hydrogen-bond acceptors (Lipinski definition) is 4. The van der Waals surface area contributed by atoms with Crippen LogP contribution in [0.5, 0.6) is 0 Å². The first-order chi connectivity index (χ1) is 12.4. The molecule has 2 aromatic rings. The monoisotopic (exact) mass is 330 g/mol. The summed E-state index contributed by atoms with van der Waals surface area (Å²) in [4.78, 5) is 9.77. The van der Waals surface area contributed by atoms with Crippen molar-refractivity contribution in [1.82, 2.24) is 9.88 Å². The molecule has 6 rings (SSSR count). The molecular formula is C21H22N4. The van der Waals surface area contributed by atoms with Gasteiger partial charge in [-0.05, 0) is 49.5 Å². The summed E-state index contributed by atoms with van der Waals surface area (Å²) in [5.74, 6) is 2.09. The topological polar surface area (TPSA) is 43.2 Å². The molecule has 126 valence electrons. The van der Waals surface area contributed by atoms with E-state index in [9.17, 15) is 5.26 Å². The Bertz CT molecular complexity index is 804. The van der Waals surface area contributed by atoms with Crippen LogP contribution >= 0.6 is 0 Å². The standard InChI is InChI=1S/C21H22N4/c22-13-17-7-4-10-23-21(17)25-14-18(15-5-2-1-3-6-15)20-19(25)16-8-11-24(20)12-9-16/h1-7,10,16,18-20H,8-9,11-12,14H2/t18-,19+,20+/m1/s1. The van der Waals surface area contributed by atoms with Gasteiger partial charge >= 0.3 is 0 Å². The molecule has 4 aliphatic heterocycles. The van der Waals surface area contributed by atoms with E-state index >= 15 is 0 Å².